The van der Waals surface area contributed by atoms with Crippen LogP contribution in [-0.2, 0) is 6.54 Å². The van der Waals surface area contributed by atoms with Crippen LogP contribution < -0.4 is 10.2 Å². The van der Waals surface area contributed by atoms with E-state index in [0.29, 0.717) is 0 Å². The second-order valence-corrected chi connectivity index (χ2v) is 6.88. The first-order valence-electron chi connectivity index (χ1n) is 9.28. The summed E-state index contributed by atoms with van der Waals surface area (Å²) in [5, 5.41) is 3.45. The number of hydrogen-bond donors (Lipinski definition) is 1. The zero-order chi connectivity index (χ0) is 16.8. The molecule has 3 rings (SSSR count). The molecule has 0 bridgehead atoms. The van der Waals surface area contributed by atoms with Crippen molar-refractivity contribution in [3.63, 3.8) is 0 Å². The minimum Gasteiger partial charge on any atom is -0.364 e. The molecule has 1 N–H and O–H groups in total. The van der Waals surface area contributed by atoms with E-state index in [1.54, 1.807) is 0 Å². The summed E-state index contributed by atoms with van der Waals surface area (Å²) in [6.07, 6.45) is 6.98. The van der Waals surface area contributed by atoms with Crippen molar-refractivity contribution in [3.05, 3.63) is 42.0 Å². The van der Waals surface area contributed by atoms with E-state index in [0.717, 1.165) is 51.1 Å². The highest BCUT2D eigenvalue weighted by Crippen LogP contribution is 2.19. The van der Waals surface area contributed by atoms with Crippen molar-refractivity contribution in [2.24, 2.45) is 10.9 Å². The first kappa shape index (κ1) is 16.9. The van der Waals surface area contributed by atoms with Crippen molar-refractivity contribution < 1.29 is 0 Å². The first-order chi connectivity index (χ1) is 11.8. The van der Waals surface area contributed by atoms with Gasteiger partial charge >= 0.3 is 0 Å². The molecule has 0 saturated carbocycles. The summed E-state index contributed by atoms with van der Waals surface area (Å²) in [5.41, 5.74) is 2.57. The first-order valence-corrected chi connectivity index (χ1v) is 9.28. The van der Waals surface area contributed by atoms with E-state index in [9.17, 15) is 0 Å². The lowest BCUT2D eigenvalue weighted by Gasteiger charge is -2.33. The molecule has 0 radical (unpaired) electrons. The number of anilines is 1. The van der Waals surface area contributed by atoms with E-state index < -0.39 is 0 Å². The Morgan fingerprint density at radius 1 is 1.12 bits per heavy atom. The van der Waals surface area contributed by atoms with E-state index >= 15 is 0 Å². The Morgan fingerprint density at radius 2 is 1.79 bits per heavy atom. The van der Waals surface area contributed by atoms with Crippen molar-refractivity contribution in [1.29, 1.82) is 0 Å². The van der Waals surface area contributed by atoms with Gasteiger partial charge in [0.2, 0.25) is 0 Å². The number of guanidine groups is 1. The van der Waals surface area contributed by atoms with Gasteiger partial charge in [-0.2, -0.15) is 0 Å². The van der Waals surface area contributed by atoms with Gasteiger partial charge in [-0.1, -0.05) is 31.2 Å². The van der Waals surface area contributed by atoms with Gasteiger partial charge in [-0.05, 0) is 43.4 Å². The molecule has 0 unspecified atom stereocenters. The lowest BCUT2D eigenvalue weighted by atomic mass is 10.00. The molecule has 2 heterocycles. The number of piperidine rings is 1. The molecular formula is C20H30N4. The fraction of sp³-hybridized carbons (Fsp3) is 0.550. The summed E-state index contributed by atoms with van der Waals surface area (Å²) in [6, 6.07) is 8.85. The van der Waals surface area contributed by atoms with Crippen LogP contribution in [0.4, 0.5) is 5.69 Å². The highest BCUT2D eigenvalue weighted by molar-refractivity contribution is 5.80. The third-order valence-electron chi connectivity index (χ3n) is 4.95. The van der Waals surface area contributed by atoms with E-state index in [4.69, 9.17) is 4.99 Å². The molecule has 4 nitrogen and oxygen atoms in total. The lowest BCUT2D eigenvalue weighted by Crippen LogP contribution is -2.45. The molecule has 0 spiro atoms. The molecule has 1 aromatic carbocycles. The van der Waals surface area contributed by atoms with Crippen LogP contribution in [0, 0.1) is 5.92 Å². The Balaban J connectivity index is 1.61. The van der Waals surface area contributed by atoms with Crippen LogP contribution in [0.2, 0.25) is 0 Å². The van der Waals surface area contributed by atoms with Gasteiger partial charge in [-0.15, -0.1) is 0 Å². The van der Waals surface area contributed by atoms with Crippen molar-refractivity contribution in [2.45, 2.75) is 33.2 Å². The van der Waals surface area contributed by atoms with Gasteiger partial charge in [0.1, 0.15) is 0 Å². The predicted octanol–water partition coefficient (Wildman–Crippen LogP) is 3.26. The number of rotatable bonds is 4. The maximum absolute atomic E-state index is 4.87. The van der Waals surface area contributed by atoms with Gasteiger partial charge < -0.3 is 15.1 Å². The number of benzene rings is 1. The molecule has 4 heteroatoms. The molecule has 0 aromatic heterocycles. The minimum absolute atomic E-state index is 0.743. The molecule has 1 saturated heterocycles. The monoisotopic (exact) mass is 326 g/mol. The summed E-state index contributed by atoms with van der Waals surface area (Å²) in [7, 11) is 0. The molecule has 2 aliphatic rings. The average Bonchev–Trinajstić information content (AvgIpc) is 3.14. The largest absolute Gasteiger partial charge is 0.364 e. The Morgan fingerprint density at radius 3 is 2.42 bits per heavy atom. The van der Waals surface area contributed by atoms with Gasteiger partial charge in [0.15, 0.2) is 5.96 Å². The molecule has 0 atom stereocenters. The Bertz CT molecular complexity index is 560. The van der Waals surface area contributed by atoms with Crippen LogP contribution in [0.15, 0.2) is 41.4 Å². The second-order valence-electron chi connectivity index (χ2n) is 6.88. The number of aliphatic imine (C=N–C) groups is 1. The van der Waals surface area contributed by atoms with Gasteiger partial charge in [0.05, 0.1) is 6.54 Å². The van der Waals surface area contributed by atoms with E-state index in [1.807, 2.05) is 0 Å². The van der Waals surface area contributed by atoms with Gasteiger partial charge in [-0.3, -0.25) is 0 Å². The maximum atomic E-state index is 4.87. The third-order valence-corrected chi connectivity index (χ3v) is 4.95. The van der Waals surface area contributed by atoms with Gasteiger partial charge in [-0.25, -0.2) is 4.99 Å². The summed E-state index contributed by atoms with van der Waals surface area (Å²) in [4.78, 5) is 9.64. The standard InChI is InChI=1S/C20H30N4/c1-3-21-20(24-14-10-17(2)11-15-24)22-16-18-6-8-19(9-7-18)23-12-4-5-13-23/h4-9,17H,3,10-16H2,1-2H3,(H,21,22). The predicted molar refractivity (Wildman–Crippen MR) is 103 cm³/mol. The summed E-state index contributed by atoms with van der Waals surface area (Å²) in [6.45, 7) is 10.4. The molecular weight excluding hydrogens is 296 g/mol. The van der Waals surface area contributed by atoms with Gasteiger partial charge in [0.25, 0.3) is 0 Å². The fourth-order valence-electron chi connectivity index (χ4n) is 3.31. The number of hydrogen-bond acceptors (Lipinski definition) is 2. The summed E-state index contributed by atoms with van der Waals surface area (Å²) < 4.78 is 0. The third kappa shape index (κ3) is 4.31. The Kier molecular flexibility index (Phi) is 5.78. The number of nitrogens with zero attached hydrogens (tertiary/aromatic N) is 3. The Labute approximate surface area is 146 Å². The van der Waals surface area contributed by atoms with E-state index in [2.05, 4.69) is 65.4 Å². The smallest absolute Gasteiger partial charge is 0.194 e. The lowest BCUT2D eigenvalue weighted by molar-refractivity contribution is 0.273. The van der Waals surface area contributed by atoms with E-state index in [-0.39, 0.29) is 0 Å². The van der Waals surface area contributed by atoms with Crippen LogP contribution in [0.25, 0.3) is 0 Å². The van der Waals surface area contributed by atoms with Crippen LogP contribution in [-0.4, -0.2) is 43.6 Å². The average molecular weight is 326 g/mol. The van der Waals surface area contributed by atoms with Crippen molar-refractivity contribution in [1.82, 2.24) is 10.2 Å². The number of nitrogens with one attached hydrogen (secondary N) is 1. The van der Waals surface area contributed by atoms with Gasteiger partial charge in [0, 0.05) is 38.4 Å². The highest BCUT2D eigenvalue weighted by Gasteiger charge is 2.18. The summed E-state index contributed by atoms with van der Waals surface area (Å²) >= 11 is 0. The van der Waals surface area contributed by atoms with Crippen molar-refractivity contribution >= 4 is 11.6 Å². The maximum Gasteiger partial charge on any atom is 0.194 e. The Hall–Kier alpha value is -1.97. The molecule has 1 aromatic rings. The molecule has 1 fully saturated rings. The van der Waals surface area contributed by atoms with Crippen LogP contribution in [0.3, 0.4) is 0 Å². The van der Waals surface area contributed by atoms with Crippen LogP contribution >= 0.6 is 0 Å². The van der Waals surface area contributed by atoms with E-state index in [1.165, 1.54) is 24.1 Å². The minimum atomic E-state index is 0.743. The zero-order valence-corrected chi connectivity index (χ0v) is 15.0. The molecule has 130 valence electrons. The molecule has 0 aliphatic carbocycles. The van der Waals surface area contributed by atoms with Crippen molar-refractivity contribution in [2.75, 3.05) is 37.6 Å². The van der Waals surface area contributed by atoms with Crippen LogP contribution in [0.5, 0.6) is 0 Å². The zero-order valence-electron chi connectivity index (χ0n) is 15.0. The normalized spacial score (nSPS) is 19.2. The summed E-state index contributed by atoms with van der Waals surface area (Å²) in [5.74, 6) is 1.91. The fourth-order valence-corrected chi connectivity index (χ4v) is 3.31. The number of likely N-dealkylation sites (tertiary alicyclic amines) is 1. The topological polar surface area (TPSA) is 30.9 Å². The molecule has 0 amide bonds. The highest BCUT2D eigenvalue weighted by atomic mass is 15.3. The second kappa shape index (κ2) is 8.22. The molecule has 24 heavy (non-hydrogen) atoms. The molecule has 2 aliphatic heterocycles. The van der Waals surface area contributed by atoms with Crippen LogP contribution in [0.1, 0.15) is 32.3 Å². The SMILES string of the molecule is CCNC(=NCc1ccc(N2CC=CC2)cc1)N1CCC(C)CC1. The van der Waals surface area contributed by atoms with Crippen molar-refractivity contribution in [3.8, 4) is 0 Å². The quantitative estimate of drug-likeness (QED) is 0.523.